The molecule has 0 bridgehead atoms. The van der Waals surface area contributed by atoms with Crippen molar-refractivity contribution in [2.24, 2.45) is 5.92 Å². The summed E-state index contributed by atoms with van der Waals surface area (Å²) in [5.74, 6) is 0.474. The van der Waals surface area contributed by atoms with Crippen molar-refractivity contribution in [1.29, 1.82) is 0 Å². The van der Waals surface area contributed by atoms with Crippen LogP contribution in [0.5, 0.6) is 0 Å². The summed E-state index contributed by atoms with van der Waals surface area (Å²) in [5.41, 5.74) is 2.06. The highest BCUT2D eigenvalue weighted by atomic mass is 16.2. The quantitative estimate of drug-likeness (QED) is 0.862. The highest BCUT2D eigenvalue weighted by Gasteiger charge is 2.26. The lowest BCUT2D eigenvalue weighted by molar-refractivity contribution is -0.130. The van der Waals surface area contributed by atoms with Gasteiger partial charge in [0.05, 0.1) is 0 Å². The maximum Gasteiger partial charge on any atom is 0.246 e. The molecule has 2 aromatic rings. The second-order valence-electron chi connectivity index (χ2n) is 6.55. The Morgan fingerprint density at radius 3 is 2.58 bits per heavy atom. The van der Waals surface area contributed by atoms with E-state index in [1.54, 1.807) is 17.2 Å². The van der Waals surface area contributed by atoms with Crippen LogP contribution in [0.15, 0.2) is 54.7 Å². The summed E-state index contributed by atoms with van der Waals surface area (Å²) in [6.07, 6.45) is 6.45. The number of benzene rings is 1. The maximum absolute atomic E-state index is 12.4. The van der Waals surface area contributed by atoms with Gasteiger partial charge in [-0.3, -0.25) is 9.59 Å². The van der Waals surface area contributed by atoms with Crippen LogP contribution in [0.3, 0.4) is 0 Å². The smallest absolute Gasteiger partial charge is 0.246 e. The number of aryl methyl sites for hydroxylation is 1. The van der Waals surface area contributed by atoms with Crippen LogP contribution in [0.25, 0.3) is 6.08 Å². The van der Waals surface area contributed by atoms with E-state index in [9.17, 15) is 9.59 Å². The fourth-order valence-electron chi connectivity index (χ4n) is 3.03. The number of piperidine rings is 1. The maximum atomic E-state index is 12.4. The molecule has 1 aliphatic heterocycles. The van der Waals surface area contributed by atoms with Crippen molar-refractivity contribution in [2.45, 2.75) is 19.8 Å². The molecule has 1 aromatic heterocycles. The Kier molecular flexibility index (Phi) is 5.79. The van der Waals surface area contributed by atoms with Crippen LogP contribution in [0, 0.1) is 12.8 Å². The molecule has 0 unspecified atom stereocenters. The van der Waals surface area contributed by atoms with Crippen LogP contribution in [0.1, 0.15) is 24.0 Å². The number of nitrogens with zero attached hydrogens (tertiary/aromatic N) is 2. The Bertz CT molecular complexity index is 794. The van der Waals surface area contributed by atoms with Crippen molar-refractivity contribution in [2.75, 3.05) is 18.4 Å². The van der Waals surface area contributed by atoms with Crippen molar-refractivity contribution in [3.63, 3.8) is 0 Å². The van der Waals surface area contributed by atoms with Crippen molar-refractivity contribution < 1.29 is 9.59 Å². The largest absolute Gasteiger partial charge is 0.339 e. The van der Waals surface area contributed by atoms with E-state index in [1.807, 2.05) is 55.5 Å². The second kappa shape index (κ2) is 8.43. The topological polar surface area (TPSA) is 62.3 Å². The van der Waals surface area contributed by atoms with E-state index in [-0.39, 0.29) is 17.7 Å². The lowest BCUT2D eigenvalue weighted by atomic mass is 9.96. The van der Waals surface area contributed by atoms with E-state index in [0.29, 0.717) is 31.7 Å². The Hall–Kier alpha value is -2.95. The number of carbonyl (C=O) groups excluding carboxylic acids is 2. The van der Waals surface area contributed by atoms with E-state index < -0.39 is 0 Å². The van der Waals surface area contributed by atoms with Crippen LogP contribution >= 0.6 is 0 Å². The van der Waals surface area contributed by atoms with E-state index >= 15 is 0 Å². The van der Waals surface area contributed by atoms with Gasteiger partial charge in [-0.05, 0) is 49.1 Å². The SMILES string of the molecule is Cc1ccnc(NC(=O)C2CCN(C(=O)/C=C/c3ccccc3)CC2)c1. The van der Waals surface area contributed by atoms with Crippen LogP contribution in [0.2, 0.25) is 0 Å². The fraction of sp³-hybridized carbons (Fsp3) is 0.286. The van der Waals surface area contributed by atoms with Gasteiger partial charge in [-0.25, -0.2) is 4.98 Å². The molecule has 3 rings (SSSR count). The van der Waals surface area contributed by atoms with Gasteiger partial charge in [-0.15, -0.1) is 0 Å². The monoisotopic (exact) mass is 349 g/mol. The first-order chi connectivity index (χ1) is 12.6. The van der Waals surface area contributed by atoms with Gasteiger partial charge in [0.2, 0.25) is 11.8 Å². The number of hydrogen-bond donors (Lipinski definition) is 1. The summed E-state index contributed by atoms with van der Waals surface area (Å²) in [6.45, 7) is 3.15. The lowest BCUT2D eigenvalue weighted by Crippen LogP contribution is -2.40. The molecule has 0 spiro atoms. The number of amides is 2. The van der Waals surface area contributed by atoms with Crippen molar-refractivity contribution >= 4 is 23.7 Å². The minimum absolute atomic E-state index is 0.00642. The number of nitrogens with one attached hydrogen (secondary N) is 1. The zero-order chi connectivity index (χ0) is 18.4. The third kappa shape index (κ3) is 4.79. The Morgan fingerprint density at radius 1 is 1.15 bits per heavy atom. The molecule has 0 aliphatic carbocycles. The van der Waals surface area contributed by atoms with E-state index in [2.05, 4.69) is 10.3 Å². The molecule has 134 valence electrons. The highest BCUT2D eigenvalue weighted by Crippen LogP contribution is 2.19. The summed E-state index contributed by atoms with van der Waals surface area (Å²) in [6, 6.07) is 13.5. The molecule has 2 heterocycles. The number of anilines is 1. The number of carbonyl (C=O) groups is 2. The van der Waals surface area contributed by atoms with E-state index in [1.165, 1.54) is 0 Å². The van der Waals surface area contributed by atoms with E-state index in [0.717, 1.165) is 11.1 Å². The Labute approximate surface area is 153 Å². The van der Waals surface area contributed by atoms with Crippen LogP contribution in [-0.2, 0) is 9.59 Å². The third-order valence-corrected chi connectivity index (χ3v) is 4.56. The molecular weight excluding hydrogens is 326 g/mol. The van der Waals surface area contributed by atoms with Crippen LogP contribution < -0.4 is 5.32 Å². The summed E-state index contributed by atoms with van der Waals surface area (Å²) < 4.78 is 0. The van der Waals surface area contributed by atoms with Crippen molar-refractivity contribution in [3.8, 4) is 0 Å². The van der Waals surface area contributed by atoms with Gasteiger partial charge in [0, 0.05) is 31.3 Å². The van der Waals surface area contributed by atoms with Gasteiger partial charge in [-0.1, -0.05) is 30.3 Å². The molecule has 1 fully saturated rings. The molecular formula is C21H23N3O2. The molecule has 5 heteroatoms. The molecule has 0 saturated carbocycles. The van der Waals surface area contributed by atoms with Gasteiger partial charge in [0.25, 0.3) is 0 Å². The highest BCUT2D eigenvalue weighted by molar-refractivity contribution is 5.93. The average Bonchev–Trinajstić information content (AvgIpc) is 2.67. The molecule has 1 saturated heterocycles. The number of pyridine rings is 1. The first kappa shape index (κ1) is 17.9. The van der Waals surface area contributed by atoms with Gasteiger partial charge >= 0.3 is 0 Å². The number of rotatable bonds is 4. The van der Waals surface area contributed by atoms with Gasteiger partial charge < -0.3 is 10.2 Å². The number of hydrogen-bond acceptors (Lipinski definition) is 3. The molecule has 1 aromatic carbocycles. The minimum atomic E-state index is -0.0838. The molecule has 26 heavy (non-hydrogen) atoms. The normalized spacial score (nSPS) is 15.2. The molecule has 2 amide bonds. The molecule has 0 atom stereocenters. The fourth-order valence-corrected chi connectivity index (χ4v) is 3.03. The molecule has 1 N–H and O–H groups in total. The molecule has 1 aliphatic rings. The Balaban J connectivity index is 1.49. The first-order valence-electron chi connectivity index (χ1n) is 8.87. The summed E-state index contributed by atoms with van der Waals surface area (Å²) in [5, 5.41) is 2.88. The van der Waals surface area contributed by atoms with Crippen molar-refractivity contribution in [3.05, 3.63) is 65.9 Å². The predicted octanol–water partition coefficient (Wildman–Crippen LogP) is 3.28. The zero-order valence-electron chi connectivity index (χ0n) is 14.9. The average molecular weight is 349 g/mol. The number of likely N-dealkylation sites (tertiary alicyclic amines) is 1. The Morgan fingerprint density at radius 2 is 1.88 bits per heavy atom. The first-order valence-corrected chi connectivity index (χ1v) is 8.87. The minimum Gasteiger partial charge on any atom is -0.339 e. The molecule has 5 nitrogen and oxygen atoms in total. The van der Waals surface area contributed by atoms with Gasteiger partial charge in [0.15, 0.2) is 0 Å². The second-order valence-corrected chi connectivity index (χ2v) is 6.55. The van der Waals surface area contributed by atoms with E-state index in [4.69, 9.17) is 0 Å². The van der Waals surface area contributed by atoms with Crippen LogP contribution in [0.4, 0.5) is 5.82 Å². The summed E-state index contributed by atoms with van der Waals surface area (Å²) >= 11 is 0. The van der Waals surface area contributed by atoms with Gasteiger partial charge in [-0.2, -0.15) is 0 Å². The van der Waals surface area contributed by atoms with Crippen molar-refractivity contribution in [1.82, 2.24) is 9.88 Å². The third-order valence-electron chi connectivity index (χ3n) is 4.56. The zero-order valence-corrected chi connectivity index (χ0v) is 14.9. The summed E-state index contributed by atoms with van der Waals surface area (Å²) in [4.78, 5) is 30.7. The van der Waals surface area contributed by atoms with Crippen LogP contribution in [-0.4, -0.2) is 34.8 Å². The van der Waals surface area contributed by atoms with Gasteiger partial charge in [0.1, 0.15) is 5.82 Å². The number of aromatic nitrogens is 1. The summed E-state index contributed by atoms with van der Waals surface area (Å²) in [7, 11) is 0. The standard InChI is InChI=1S/C21H23N3O2/c1-16-9-12-22-19(15-16)23-21(26)18-10-13-24(14-11-18)20(25)8-7-17-5-3-2-4-6-17/h2-9,12,15,18H,10-11,13-14H2,1H3,(H,22,23,26)/b8-7+. The predicted molar refractivity (Wildman–Crippen MR) is 102 cm³/mol. The lowest BCUT2D eigenvalue weighted by Gasteiger charge is -2.30. The molecule has 0 radical (unpaired) electrons.